The zero-order chi connectivity index (χ0) is 31.2. The van der Waals surface area contributed by atoms with Gasteiger partial charge in [0.15, 0.2) is 18.2 Å². The van der Waals surface area contributed by atoms with Crippen LogP contribution in [0.4, 0.5) is 0 Å². The lowest BCUT2D eigenvalue weighted by atomic mass is 9.83. The maximum absolute atomic E-state index is 13.8. The van der Waals surface area contributed by atoms with Crippen molar-refractivity contribution >= 4 is 34.4 Å². The molecule has 45 heavy (non-hydrogen) atoms. The van der Waals surface area contributed by atoms with Gasteiger partial charge in [-0.1, -0.05) is 16.8 Å². The van der Waals surface area contributed by atoms with Crippen LogP contribution >= 0.6 is 11.6 Å². The molecule has 1 aromatic heterocycles. The summed E-state index contributed by atoms with van der Waals surface area (Å²) in [6.07, 6.45) is 6.95. The van der Waals surface area contributed by atoms with Crippen molar-refractivity contribution in [1.29, 1.82) is 0 Å². The van der Waals surface area contributed by atoms with Gasteiger partial charge in [-0.2, -0.15) is 0 Å². The van der Waals surface area contributed by atoms with Crippen LogP contribution < -0.4 is 5.32 Å². The van der Waals surface area contributed by atoms with Gasteiger partial charge in [0.05, 0.1) is 39.2 Å². The number of likely N-dealkylation sites (tertiary alicyclic amines) is 1. The number of halogens is 1. The van der Waals surface area contributed by atoms with E-state index in [1.807, 2.05) is 18.2 Å². The number of carbonyl (C=O) groups excluding carboxylic acids is 2. The largest absolute Gasteiger partial charge is 0.469 e. The van der Waals surface area contributed by atoms with E-state index in [1.54, 1.807) is 0 Å². The summed E-state index contributed by atoms with van der Waals surface area (Å²) in [6, 6.07) is 5.79. The lowest BCUT2D eigenvalue weighted by molar-refractivity contribution is -0.255. The molecule has 3 saturated heterocycles. The van der Waals surface area contributed by atoms with Crippen molar-refractivity contribution in [3.8, 4) is 0 Å². The first kappa shape index (κ1) is 32.7. The molecule has 248 valence electrons. The number of fused-ring (bicyclic) bond motifs is 1. The molecule has 1 aliphatic carbocycles. The number of nitrogens with one attached hydrogen (secondary N) is 1. The highest BCUT2D eigenvalue weighted by Gasteiger charge is 2.48. The summed E-state index contributed by atoms with van der Waals surface area (Å²) in [5, 5.41) is 9.35. The average Bonchev–Trinajstić information content (AvgIpc) is 3.50. The fourth-order valence-electron chi connectivity index (χ4n) is 7.36. The quantitative estimate of drug-likeness (QED) is 0.365. The van der Waals surface area contributed by atoms with Crippen molar-refractivity contribution in [3.63, 3.8) is 0 Å². The Morgan fingerprint density at radius 3 is 2.24 bits per heavy atom. The number of nitrogens with zero attached hydrogens (tertiary/aromatic N) is 2. The number of hydrogen-bond donors (Lipinski definition) is 1. The highest BCUT2D eigenvalue weighted by molar-refractivity contribution is 6.31. The number of carbonyl (C=O) groups is 2. The molecule has 4 aliphatic rings. The fourth-order valence-corrected chi connectivity index (χ4v) is 7.52. The van der Waals surface area contributed by atoms with Crippen molar-refractivity contribution in [2.75, 3.05) is 53.2 Å². The smallest absolute Gasteiger partial charge is 0.314 e. The number of aromatic nitrogens is 1. The molecule has 0 spiro atoms. The van der Waals surface area contributed by atoms with Gasteiger partial charge in [0.1, 0.15) is 11.8 Å². The molecule has 1 amide bonds. The molecule has 2 aromatic rings. The summed E-state index contributed by atoms with van der Waals surface area (Å²) in [4.78, 5) is 29.4. The van der Waals surface area contributed by atoms with E-state index in [4.69, 9.17) is 39.8 Å². The number of piperidine rings is 1. The van der Waals surface area contributed by atoms with Gasteiger partial charge in [-0.25, -0.2) is 0 Å². The van der Waals surface area contributed by atoms with E-state index in [9.17, 15) is 9.59 Å². The molecule has 6 rings (SSSR count). The number of amides is 1. The Labute approximate surface area is 269 Å². The van der Waals surface area contributed by atoms with Gasteiger partial charge in [-0.05, 0) is 95.5 Å². The Hall–Kier alpha value is -2.28. The molecular formula is C33H46ClN3O8. The maximum Gasteiger partial charge on any atom is 0.314 e. The Morgan fingerprint density at radius 1 is 0.956 bits per heavy atom. The van der Waals surface area contributed by atoms with E-state index in [2.05, 4.69) is 15.4 Å². The minimum absolute atomic E-state index is 0.0363. The van der Waals surface area contributed by atoms with Gasteiger partial charge < -0.3 is 38.4 Å². The standard InChI is InChI=1S/C33H46ClN3O8/c1-40-31(39)28(33-43-18-3-19-44-33)27(32-41-16-2-17-42-32)30(38)35-24-7-4-21(5-8-24)10-13-37-14-11-22(12-15-37)29-25-9-6-23(34)20-26(25)45-36-29/h6,9,20-22,24,27-28,32-33H,2-5,7-8,10-19H2,1H3,(H,35,38). The van der Waals surface area contributed by atoms with Crippen LogP contribution in [0.25, 0.3) is 11.0 Å². The maximum atomic E-state index is 13.8. The molecule has 1 saturated carbocycles. The van der Waals surface area contributed by atoms with Crippen molar-refractivity contribution in [1.82, 2.24) is 15.4 Å². The third kappa shape index (κ3) is 8.00. The van der Waals surface area contributed by atoms with Gasteiger partial charge in [-0.15, -0.1) is 0 Å². The number of ether oxygens (including phenoxy) is 5. The van der Waals surface area contributed by atoms with Crippen molar-refractivity contribution in [3.05, 3.63) is 28.9 Å². The first-order valence-electron chi connectivity index (χ1n) is 16.6. The van der Waals surface area contributed by atoms with Crippen molar-refractivity contribution in [2.24, 2.45) is 17.8 Å². The molecule has 2 atom stereocenters. The zero-order valence-electron chi connectivity index (χ0n) is 26.1. The second kappa shape index (κ2) is 15.5. The van der Waals surface area contributed by atoms with Crippen LogP contribution in [-0.2, 0) is 33.3 Å². The SMILES string of the molecule is COC(=O)C(C1OCCCO1)C(C(=O)NC1CCC(CCN2CCC(c3noc4cc(Cl)ccc34)CC2)CC1)C1OCCCO1. The molecule has 0 bridgehead atoms. The molecular weight excluding hydrogens is 602 g/mol. The lowest BCUT2D eigenvalue weighted by Crippen LogP contribution is -2.54. The lowest BCUT2D eigenvalue weighted by Gasteiger charge is -2.38. The third-order valence-electron chi connectivity index (χ3n) is 9.94. The Kier molecular flexibility index (Phi) is 11.3. The summed E-state index contributed by atoms with van der Waals surface area (Å²) in [6.45, 7) is 5.03. The highest BCUT2D eigenvalue weighted by Crippen LogP contribution is 2.35. The van der Waals surface area contributed by atoms with Crippen LogP contribution in [0.3, 0.4) is 0 Å². The summed E-state index contributed by atoms with van der Waals surface area (Å²) in [5.41, 5.74) is 1.82. The fraction of sp³-hybridized carbons (Fsp3) is 0.727. The van der Waals surface area contributed by atoms with Crippen LogP contribution in [0, 0.1) is 17.8 Å². The van der Waals surface area contributed by atoms with Crippen molar-refractivity contribution in [2.45, 2.75) is 82.3 Å². The molecule has 12 heteroatoms. The monoisotopic (exact) mass is 647 g/mol. The molecule has 4 fully saturated rings. The van der Waals surface area contributed by atoms with E-state index in [1.165, 1.54) is 7.11 Å². The van der Waals surface area contributed by atoms with Crippen LogP contribution in [0.1, 0.15) is 69.4 Å². The van der Waals surface area contributed by atoms with Crippen molar-refractivity contribution < 1.29 is 37.8 Å². The first-order valence-corrected chi connectivity index (χ1v) is 17.0. The van der Waals surface area contributed by atoms with Gasteiger partial charge in [0.2, 0.25) is 5.91 Å². The minimum Gasteiger partial charge on any atom is -0.469 e. The van der Waals surface area contributed by atoms with E-state index in [-0.39, 0.29) is 11.9 Å². The van der Waals surface area contributed by atoms with E-state index >= 15 is 0 Å². The van der Waals surface area contributed by atoms with Crippen LogP contribution in [0.15, 0.2) is 22.7 Å². The number of hydrogen-bond acceptors (Lipinski definition) is 10. The van der Waals surface area contributed by atoms with Crippen LogP contribution in [0.2, 0.25) is 5.02 Å². The predicted molar refractivity (Wildman–Crippen MR) is 166 cm³/mol. The second-order valence-electron chi connectivity index (χ2n) is 12.8. The number of esters is 1. The average molecular weight is 648 g/mol. The Bertz CT molecular complexity index is 1260. The topological polar surface area (TPSA) is 122 Å². The molecule has 0 radical (unpaired) electrons. The van der Waals surface area contributed by atoms with Gasteiger partial charge in [0.25, 0.3) is 0 Å². The van der Waals surface area contributed by atoms with E-state index in [0.29, 0.717) is 43.3 Å². The molecule has 2 unspecified atom stereocenters. The summed E-state index contributed by atoms with van der Waals surface area (Å²) < 4.78 is 33.9. The summed E-state index contributed by atoms with van der Waals surface area (Å²) in [7, 11) is 1.31. The molecule has 11 nitrogen and oxygen atoms in total. The summed E-state index contributed by atoms with van der Waals surface area (Å²) in [5.74, 6) is -1.72. The van der Waals surface area contributed by atoms with Crippen LogP contribution in [-0.4, -0.2) is 93.7 Å². The second-order valence-corrected chi connectivity index (χ2v) is 13.3. The number of methoxy groups -OCH3 is 1. The first-order chi connectivity index (χ1) is 22.0. The zero-order valence-corrected chi connectivity index (χ0v) is 26.9. The molecule has 4 heterocycles. The Balaban J connectivity index is 0.976. The number of benzene rings is 1. The highest BCUT2D eigenvalue weighted by atomic mass is 35.5. The van der Waals surface area contributed by atoms with Crippen LogP contribution in [0.5, 0.6) is 0 Å². The summed E-state index contributed by atoms with van der Waals surface area (Å²) >= 11 is 6.11. The van der Waals surface area contributed by atoms with E-state index in [0.717, 1.165) is 94.1 Å². The minimum atomic E-state index is -0.986. The Morgan fingerprint density at radius 2 is 1.60 bits per heavy atom. The molecule has 1 N–H and O–H groups in total. The third-order valence-corrected chi connectivity index (χ3v) is 10.2. The van der Waals surface area contributed by atoms with Gasteiger partial charge in [0, 0.05) is 28.4 Å². The molecule has 3 aliphatic heterocycles. The van der Waals surface area contributed by atoms with E-state index < -0.39 is 30.4 Å². The molecule has 1 aromatic carbocycles. The predicted octanol–water partition coefficient (Wildman–Crippen LogP) is 4.66. The number of rotatable bonds is 10. The van der Waals surface area contributed by atoms with Gasteiger partial charge >= 0.3 is 5.97 Å². The normalized spacial score (nSPS) is 26.0. The van der Waals surface area contributed by atoms with Gasteiger partial charge in [-0.3, -0.25) is 9.59 Å².